The van der Waals surface area contributed by atoms with E-state index in [9.17, 15) is 8.42 Å². The zero-order valence-electron chi connectivity index (χ0n) is 8.93. The van der Waals surface area contributed by atoms with Crippen molar-refractivity contribution in [1.29, 1.82) is 0 Å². The molecule has 0 radical (unpaired) electrons. The summed E-state index contributed by atoms with van der Waals surface area (Å²) >= 11 is 0. The third-order valence-electron chi connectivity index (χ3n) is 2.43. The van der Waals surface area contributed by atoms with Crippen LogP contribution in [0.15, 0.2) is 28.7 Å². The largest absolute Gasteiger partial charge is 0.458 e. The zero-order chi connectivity index (χ0) is 11.8. The molecular formula is C11H13NO3S. The van der Waals surface area contributed by atoms with E-state index in [1.807, 2.05) is 12.1 Å². The maximum absolute atomic E-state index is 11.4. The fourth-order valence-electron chi connectivity index (χ4n) is 1.53. The molecule has 0 aliphatic rings. The molecule has 2 N–H and O–H groups in total. The van der Waals surface area contributed by atoms with E-state index >= 15 is 0 Å². The van der Waals surface area contributed by atoms with Crippen LogP contribution in [0.2, 0.25) is 0 Å². The molecule has 2 rings (SSSR count). The first-order valence-corrected chi connectivity index (χ1v) is 6.81. The summed E-state index contributed by atoms with van der Waals surface area (Å²) in [6, 6.07) is 7.10. The number of furan rings is 1. The molecule has 0 atom stereocenters. The molecule has 0 aliphatic heterocycles. The molecule has 0 aliphatic carbocycles. The van der Waals surface area contributed by atoms with Crippen LogP contribution in [0.4, 0.5) is 5.69 Å². The number of nitrogen functional groups attached to an aromatic ring is 1. The lowest BCUT2D eigenvalue weighted by Gasteiger charge is -1.96. The Morgan fingerprint density at radius 1 is 1.38 bits per heavy atom. The van der Waals surface area contributed by atoms with E-state index < -0.39 is 9.84 Å². The number of benzene rings is 1. The number of hydrogen-bond acceptors (Lipinski definition) is 4. The molecule has 0 unspecified atom stereocenters. The van der Waals surface area contributed by atoms with Gasteiger partial charge in [0.2, 0.25) is 0 Å². The highest BCUT2D eigenvalue weighted by atomic mass is 32.2. The van der Waals surface area contributed by atoms with Gasteiger partial charge in [0.1, 0.15) is 11.5 Å². The molecule has 1 heterocycles. The Morgan fingerprint density at radius 2 is 2.12 bits per heavy atom. The highest BCUT2D eigenvalue weighted by molar-refractivity contribution is 7.90. The average molecular weight is 239 g/mol. The van der Waals surface area contributed by atoms with E-state index in [4.69, 9.17) is 10.2 Å². The zero-order valence-corrected chi connectivity index (χ0v) is 9.75. The molecule has 1 aromatic carbocycles. The lowest BCUT2D eigenvalue weighted by molar-refractivity contribution is 0.555. The Bertz CT molecular complexity index is 613. The van der Waals surface area contributed by atoms with Crippen molar-refractivity contribution in [2.75, 3.05) is 11.5 Å². The Labute approximate surface area is 94.0 Å². The first-order chi connectivity index (χ1) is 7.52. The Hall–Kier alpha value is -1.49. The molecule has 0 bridgehead atoms. The number of sulfone groups is 1. The van der Waals surface area contributed by atoms with Crippen LogP contribution in [0, 0.1) is 0 Å². The third kappa shape index (κ3) is 2.04. The summed E-state index contributed by atoms with van der Waals surface area (Å²) in [7, 11) is -3.07. The Balaban J connectivity index is 2.45. The number of nitrogens with two attached hydrogens (primary N) is 1. The summed E-state index contributed by atoms with van der Waals surface area (Å²) in [6.07, 6.45) is 0. The van der Waals surface area contributed by atoms with Crippen LogP contribution >= 0.6 is 0 Å². The molecule has 0 spiro atoms. The van der Waals surface area contributed by atoms with Gasteiger partial charge in [-0.1, -0.05) is 19.1 Å². The third-order valence-corrected chi connectivity index (χ3v) is 4.03. The van der Waals surface area contributed by atoms with Gasteiger partial charge < -0.3 is 10.2 Å². The van der Waals surface area contributed by atoms with Crippen LogP contribution in [0.25, 0.3) is 11.0 Å². The Kier molecular flexibility index (Phi) is 2.63. The summed E-state index contributed by atoms with van der Waals surface area (Å²) in [5.74, 6) is 0.478. The molecule has 5 heteroatoms. The van der Waals surface area contributed by atoms with Crippen LogP contribution in [0.1, 0.15) is 12.7 Å². The van der Waals surface area contributed by atoms with E-state index in [0.29, 0.717) is 17.0 Å². The van der Waals surface area contributed by atoms with E-state index in [1.165, 1.54) is 0 Å². The number of hydrogen-bond donors (Lipinski definition) is 1. The van der Waals surface area contributed by atoms with E-state index in [1.54, 1.807) is 19.1 Å². The fraction of sp³-hybridized carbons (Fsp3) is 0.273. The molecule has 2 aromatic rings. The van der Waals surface area contributed by atoms with E-state index in [0.717, 1.165) is 5.39 Å². The molecule has 16 heavy (non-hydrogen) atoms. The summed E-state index contributed by atoms with van der Waals surface area (Å²) in [6.45, 7) is 1.62. The highest BCUT2D eigenvalue weighted by Crippen LogP contribution is 2.25. The summed E-state index contributed by atoms with van der Waals surface area (Å²) in [5.41, 5.74) is 6.81. The fourth-order valence-corrected chi connectivity index (χ4v) is 2.31. The van der Waals surface area contributed by atoms with Gasteiger partial charge in [-0.05, 0) is 12.1 Å². The van der Waals surface area contributed by atoms with Crippen molar-refractivity contribution in [2.24, 2.45) is 0 Å². The molecule has 0 fully saturated rings. The predicted octanol–water partition coefficient (Wildman–Crippen LogP) is 1.95. The van der Waals surface area contributed by atoms with Gasteiger partial charge >= 0.3 is 0 Å². The Morgan fingerprint density at radius 3 is 2.75 bits per heavy atom. The maximum Gasteiger partial charge on any atom is 0.157 e. The van der Waals surface area contributed by atoms with Crippen LogP contribution in [-0.2, 0) is 15.6 Å². The minimum Gasteiger partial charge on any atom is -0.458 e. The maximum atomic E-state index is 11.4. The van der Waals surface area contributed by atoms with Crippen molar-refractivity contribution in [1.82, 2.24) is 0 Å². The van der Waals surface area contributed by atoms with Crippen molar-refractivity contribution in [3.05, 3.63) is 30.0 Å². The van der Waals surface area contributed by atoms with Crippen molar-refractivity contribution < 1.29 is 12.8 Å². The minimum atomic E-state index is -3.07. The second-order valence-corrected chi connectivity index (χ2v) is 6.01. The molecule has 0 amide bonds. The topological polar surface area (TPSA) is 73.3 Å². The monoisotopic (exact) mass is 239 g/mol. The number of anilines is 1. The molecule has 86 valence electrons. The summed E-state index contributed by atoms with van der Waals surface area (Å²) in [4.78, 5) is 0. The van der Waals surface area contributed by atoms with Crippen LogP contribution in [0.3, 0.4) is 0 Å². The number of rotatable bonds is 3. The average Bonchev–Trinajstić information content (AvgIpc) is 2.61. The molecule has 0 saturated heterocycles. The smallest absolute Gasteiger partial charge is 0.157 e. The summed E-state index contributed by atoms with van der Waals surface area (Å²) < 4.78 is 28.3. The molecule has 1 aromatic heterocycles. The number of fused-ring (bicyclic) bond motifs is 1. The van der Waals surface area contributed by atoms with E-state index in [-0.39, 0.29) is 11.5 Å². The van der Waals surface area contributed by atoms with Crippen LogP contribution < -0.4 is 5.73 Å². The second-order valence-electron chi connectivity index (χ2n) is 3.65. The molecule has 0 saturated carbocycles. The SMILES string of the molecule is CCS(=O)(=O)Cc1cc2cccc(N)c2o1. The van der Waals surface area contributed by atoms with Gasteiger partial charge in [0, 0.05) is 11.1 Å². The van der Waals surface area contributed by atoms with Crippen molar-refractivity contribution in [3.63, 3.8) is 0 Å². The van der Waals surface area contributed by atoms with Crippen molar-refractivity contribution >= 4 is 26.5 Å². The van der Waals surface area contributed by atoms with Gasteiger partial charge in [-0.25, -0.2) is 8.42 Å². The summed E-state index contributed by atoms with van der Waals surface area (Å²) in [5, 5.41) is 0.835. The first kappa shape index (κ1) is 11.0. The van der Waals surface area contributed by atoms with Crippen molar-refractivity contribution in [2.45, 2.75) is 12.7 Å². The first-order valence-electron chi connectivity index (χ1n) is 4.99. The normalized spacial score (nSPS) is 12.1. The quantitative estimate of drug-likeness (QED) is 0.831. The van der Waals surface area contributed by atoms with E-state index in [2.05, 4.69) is 0 Å². The van der Waals surface area contributed by atoms with Gasteiger partial charge in [-0.3, -0.25) is 0 Å². The highest BCUT2D eigenvalue weighted by Gasteiger charge is 2.13. The van der Waals surface area contributed by atoms with Gasteiger partial charge in [0.05, 0.1) is 5.69 Å². The molecule has 4 nitrogen and oxygen atoms in total. The lowest BCUT2D eigenvalue weighted by Crippen LogP contribution is -2.05. The predicted molar refractivity (Wildman–Crippen MR) is 63.8 cm³/mol. The van der Waals surface area contributed by atoms with Crippen LogP contribution in [-0.4, -0.2) is 14.2 Å². The van der Waals surface area contributed by atoms with Gasteiger partial charge in [0.25, 0.3) is 0 Å². The molecular weight excluding hydrogens is 226 g/mol. The van der Waals surface area contributed by atoms with Crippen LogP contribution in [0.5, 0.6) is 0 Å². The van der Waals surface area contributed by atoms with Gasteiger partial charge in [-0.2, -0.15) is 0 Å². The second kappa shape index (κ2) is 3.83. The number of para-hydroxylation sites is 1. The lowest BCUT2D eigenvalue weighted by atomic mass is 10.2. The van der Waals surface area contributed by atoms with Gasteiger partial charge in [0.15, 0.2) is 15.4 Å². The van der Waals surface area contributed by atoms with Gasteiger partial charge in [-0.15, -0.1) is 0 Å². The van der Waals surface area contributed by atoms with Crippen molar-refractivity contribution in [3.8, 4) is 0 Å². The standard InChI is InChI=1S/C11H13NO3S/c1-2-16(13,14)7-9-6-8-4-3-5-10(12)11(8)15-9/h3-6H,2,7,12H2,1H3. The minimum absolute atomic E-state index is 0.0718.